The molecular weight excluding hydrogens is 845 g/mol. The SMILES string of the molecule is C1=CC2C=CC=C(c3ccc(N(c4ccc(-c5ccccc5)cc4)c4ccc(-c5ccc(N(c6ccc(-c7ccccc7)cc6)c6ccc(-c7cccc8ccccc78)cc6)cc5)cc4)cc3)C2C=C1. The number of benzene rings is 10. The van der Waals surface area contributed by atoms with Crippen molar-refractivity contribution >= 4 is 50.5 Å². The molecule has 0 saturated heterocycles. The Kier molecular flexibility index (Phi) is 11.5. The molecule has 0 aliphatic heterocycles. The summed E-state index contributed by atoms with van der Waals surface area (Å²) in [6.07, 6.45) is 15.7. The summed E-state index contributed by atoms with van der Waals surface area (Å²) in [6.45, 7) is 0. The van der Waals surface area contributed by atoms with E-state index in [0.717, 1.165) is 45.3 Å². The average Bonchev–Trinajstić information content (AvgIpc) is 3.44. The molecule has 2 heteroatoms. The van der Waals surface area contributed by atoms with Gasteiger partial charge >= 0.3 is 0 Å². The monoisotopic (exact) mass is 894 g/mol. The Morgan fingerprint density at radius 1 is 0.257 bits per heavy atom. The molecule has 2 unspecified atom stereocenters. The number of hydrogen-bond acceptors (Lipinski definition) is 2. The molecular formula is C68H50N2. The summed E-state index contributed by atoms with van der Waals surface area (Å²) in [4.78, 5) is 4.71. The van der Waals surface area contributed by atoms with Crippen molar-refractivity contribution in [1.82, 2.24) is 0 Å². The van der Waals surface area contributed by atoms with Crippen molar-refractivity contribution in [3.8, 4) is 44.5 Å². The lowest BCUT2D eigenvalue weighted by molar-refractivity contribution is 0.678. The molecule has 0 N–H and O–H groups in total. The van der Waals surface area contributed by atoms with E-state index < -0.39 is 0 Å². The zero-order chi connectivity index (χ0) is 46.6. The summed E-state index contributed by atoms with van der Waals surface area (Å²) < 4.78 is 0. The topological polar surface area (TPSA) is 6.48 Å². The first kappa shape index (κ1) is 42.4. The fourth-order valence-electron chi connectivity index (χ4n) is 10.2. The molecule has 332 valence electrons. The van der Waals surface area contributed by atoms with E-state index in [2.05, 4.69) is 301 Å². The summed E-state index contributed by atoms with van der Waals surface area (Å²) in [6, 6.07) is 90.2. The molecule has 0 spiro atoms. The van der Waals surface area contributed by atoms with E-state index in [4.69, 9.17) is 0 Å². The zero-order valence-electron chi connectivity index (χ0n) is 38.8. The predicted octanol–water partition coefficient (Wildman–Crippen LogP) is 18.8. The molecule has 2 atom stereocenters. The van der Waals surface area contributed by atoms with Gasteiger partial charge in [0, 0.05) is 46.0 Å². The van der Waals surface area contributed by atoms with Gasteiger partial charge in [0.1, 0.15) is 0 Å². The minimum Gasteiger partial charge on any atom is -0.311 e. The number of nitrogens with zero attached hydrogens (tertiary/aromatic N) is 2. The van der Waals surface area contributed by atoms with Crippen LogP contribution in [-0.2, 0) is 0 Å². The van der Waals surface area contributed by atoms with Gasteiger partial charge in [-0.25, -0.2) is 0 Å². The van der Waals surface area contributed by atoms with Crippen molar-refractivity contribution in [2.75, 3.05) is 9.80 Å². The van der Waals surface area contributed by atoms with Gasteiger partial charge in [-0.3, -0.25) is 0 Å². The van der Waals surface area contributed by atoms with Crippen molar-refractivity contribution in [1.29, 1.82) is 0 Å². The molecule has 0 heterocycles. The van der Waals surface area contributed by atoms with Gasteiger partial charge in [-0.2, -0.15) is 0 Å². The minimum atomic E-state index is 0.353. The van der Waals surface area contributed by atoms with Crippen LogP contribution in [0.5, 0.6) is 0 Å². The van der Waals surface area contributed by atoms with Crippen molar-refractivity contribution in [3.05, 3.63) is 297 Å². The van der Waals surface area contributed by atoms with Crippen LogP contribution in [0, 0.1) is 11.8 Å². The van der Waals surface area contributed by atoms with E-state index in [-0.39, 0.29) is 0 Å². The van der Waals surface area contributed by atoms with Gasteiger partial charge in [-0.15, -0.1) is 0 Å². The largest absolute Gasteiger partial charge is 0.311 e. The van der Waals surface area contributed by atoms with E-state index in [1.165, 1.54) is 55.3 Å². The molecule has 2 nitrogen and oxygen atoms in total. The molecule has 10 aromatic carbocycles. The fraction of sp³-hybridized carbons (Fsp3) is 0.0294. The summed E-state index contributed by atoms with van der Waals surface area (Å²) >= 11 is 0. The summed E-state index contributed by atoms with van der Waals surface area (Å²) in [5.41, 5.74) is 18.7. The third-order valence-corrected chi connectivity index (χ3v) is 13.9. The number of rotatable bonds is 11. The lowest BCUT2D eigenvalue weighted by atomic mass is 9.77. The third-order valence-electron chi connectivity index (χ3n) is 13.9. The van der Waals surface area contributed by atoms with Crippen LogP contribution < -0.4 is 9.80 Å². The Morgan fingerprint density at radius 2 is 0.614 bits per heavy atom. The summed E-state index contributed by atoms with van der Waals surface area (Å²) in [5.74, 6) is 0.751. The molecule has 0 bridgehead atoms. The second-order valence-electron chi connectivity index (χ2n) is 18.1. The molecule has 12 rings (SSSR count). The second kappa shape index (κ2) is 19.0. The van der Waals surface area contributed by atoms with Gasteiger partial charge in [-0.05, 0) is 139 Å². The fourth-order valence-corrected chi connectivity index (χ4v) is 10.2. The highest BCUT2D eigenvalue weighted by Gasteiger charge is 2.24. The molecule has 10 aromatic rings. The molecule has 0 radical (unpaired) electrons. The third kappa shape index (κ3) is 8.49. The highest BCUT2D eigenvalue weighted by molar-refractivity contribution is 5.97. The van der Waals surface area contributed by atoms with E-state index in [1.807, 2.05) is 0 Å². The maximum Gasteiger partial charge on any atom is 0.0462 e. The summed E-state index contributed by atoms with van der Waals surface area (Å²) in [7, 11) is 0. The Bertz CT molecular complexity index is 3530. The lowest BCUT2D eigenvalue weighted by Gasteiger charge is -2.29. The van der Waals surface area contributed by atoms with Gasteiger partial charge < -0.3 is 9.80 Å². The van der Waals surface area contributed by atoms with Crippen LogP contribution in [0.1, 0.15) is 5.56 Å². The number of anilines is 6. The highest BCUT2D eigenvalue weighted by atomic mass is 15.1. The normalized spacial score (nSPS) is 14.8. The Morgan fingerprint density at radius 3 is 1.09 bits per heavy atom. The maximum absolute atomic E-state index is 2.36. The molecule has 0 saturated carbocycles. The van der Waals surface area contributed by atoms with Gasteiger partial charge in [-0.1, -0.05) is 218 Å². The average molecular weight is 895 g/mol. The highest BCUT2D eigenvalue weighted by Crippen LogP contribution is 2.42. The van der Waals surface area contributed by atoms with Gasteiger partial charge in [0.15, 0.2) is 0 Å². The summed E-state index contributed by atoms with van der Waals surface area (Å²) in [5, 5.41) is 2.50. The smallest absolute Gasteiger partial charge is 0.0462 e. The first-order valence-corrected chi connectivity index (χ1v) is 24.2. The van der Waals surface area contributed by atoms with Gasteiger partial charge in [0.2, 0.25) is 0 Å². The quantitative estimate of drug-likeness (QED) is 0.128. The van der Waals surface area contributed by atoms with Crippen molar-refractivity contribution in [2.45, 2.75) is 0 Å². The predicted molar refractivity (Wildman–Crippen MR) is 297 cm³/mol. The van der Waals surface area contributed by atoms with Crippen LogP contribution >= 0.6 is 0 Å². The molecule has 0 fully saturated rings. The van der Waals surface area contributed by atoms with Crippen LogP contribution in [0.25, 0.3) is 60.9 Å². The first-order valence-electron chi connectivity index (χ1n) is 24.2. The van der Waals surface area contributed by atoms with Gasteiger partial charge in [0.25, 0.3) is 0 Å². The van der Waals surface area contributed by atoms with Crippen molar-refractivity contribution in [2.24, 2.45) is 11.8 Å². The van der Waals surface area contributed by atoms with Crippen LogP contribution in [0.2, 0.25) is 0 Å². The van der Waals surface area contributed by atoms with Crippen molar-refractivity contribution < 1.29 is 0 Å². The standard InChI is InChI=1S/C68H50N2/c1-3-13-49(14-4-1)51-25-37-59(38-26-51)69(63-45-33-57(34-46-63)67-23-11-19-55-17-7-9-21-65(55)67)61-41-29-53(30-42-61)54-31-43-62(44-32-54)70(60-39-27-52(28-40-60)50-15-5-2-6-16-50)64-47-35-58(36-48-64)68-24-12-20-56-18-8-10-22-66(56)68/h1-48,55,65H. The molecule has 0 amide bonds. The Hall–Kier alpha value is -8.98. The van der Waals surface area contributed by atoms with Crippen LogP contribution in [0.15, 0.2) is 291 Å². The zero-order valence-corrected chi connectivity index (χ0v) is 38.8. The molecule has 0 aromatic heterocycles. The number of hydrogen-bond donors (Lipinski definition) is 0. The minimum absolute atomic E-state index is 0.353. The lowest BCUT2D eigenvalue weighted by Crippen LogP contribution is -2.15. The van der Waals surface area contributed by atoms with Gasteiger partial charge in [0.05, 0.1) is 0 Å². The first-order chi connectivity index (χ1) is 34.7. The van der Waals surface area contributed by atoms with Crippen molar-refractivity contribution in [3.63, 3.8) is 0 Å². The maximum atomic E-state index is 2.36. The van der Waals surface area contributed by atoms with E-state index in [1.54, 1.807) is 0 Å². The second-order valence-corrected chi connectivity index (χ2v) is 18.1. The van der Waals surface area contributed by atoms with Crippen LogP contribution in [0.4, 0.5) is 34.1 Å². The Balaban J connectivity index is 0.859. The van der Waals surface area contributed by atoms with Crippen LogP contribution in [-0.4, -0.2) is 0 Å². The van der Waals surface area contributed by atoms with E-state index in [0.29, 0.717) is 11.8 Å². The Labute approximate surface area is 411 Å². The molecule has 2 aliphatic carbocycles. The van der Waals surface area contributed by atoms with E-state index in [9.17, 15) is 0 Å². The molecule has 70 heavy (non-hydrogen) atoms. The molecule has 2 aliphatic rings. The van der Waals surface area contributed by atoms with Crippen LogP contribution in [0.3, 0.4) is 0 Å². The number of fused-ring (bicyclic) bond motifs is 2. The van der Waals surface area contributed by atoms with E-state index >= 15 is 0 Å². The number of allylic oxidation sites excluding steroid dienone is 8.